The molecule has 0 fully saturated rings. The Bertz CT molecular complexity index is 719. The maximum atomic E-state index is 10.6. The summed E-state index contributed by atoms with van der Waals surface area (Å²) in [4.78, 5) is 18.8. The van der Waals surface area contributed by atoms with Crippen LogP contribution in [0.2, 0.25) is 0 Å². The van der Waals surface area contributed by atoms with Gasteiger partial charge in [-0.25, -0.2) is 0 Å². The first kappa shape index (κ1) is 13.2. The van der Waals surface area contributed by atoms with Gasteiger partial charge in [0.25, 0.3) is 0 Å². The second-order valence-corrected chi connectivity index (χ2v) is 4.82. The first-order valence-corrected chi connectivity index (χ1v) is 6.74. The van der Waals surface area contributed by atoms with Crippen molar-refractivity contribution in [2.75, 3.05) is 0 Å². The average molecular weight is 274 g/mol. The minimum Gasteiger partial charge on any atom is -0.296 e. The first-order valence-electron chi connectivity index (χ1n) is 6.74. The lowest BCUT2D eigenvalue weighted by molar-refractivity contribution is 0.111. The Labute approximate surface area is 123 Å². The number of carbonyl (C=O) groups excluding carboxylic acids is 1. The fourth-order valence-corrected chi connectivity index (χ4v) is 2.19. The van der Waals surface area contributed by atoms with E-state index in [-0.39, 0.29) is 0 Å². The molecule has 0 amide bonds. The van der Waals surface area contributed by atoms with E-state index >= 15 is 0 Å². The Morgan fingerprint density at radius 1 is 0.857 bits per heavy atom. The van der Waals surface area contributed by atoms with Crippen LogP contribution in [0.4, 0.5) is 0 Å². The van der Waals surface area contributed by atoms with E-state index in [1.165, 1.54) is 5.56 Å². The summed E-state index contributed by atoms with van der Waals surface area (Å²) >= 11 is 0. The molecule has 0 aliphatic carbocycles. The van der Waals surface area contributed by atoms with E-state index < -0.39 is 0 Å². The van der Waals surface area contributed by atoms with Crippen LogP contribution >= 0.6 is 0 Å². The summed E-state index contributed by atoms with van der Waals surface area (Å²) in [5, 5.41) is 0. The molecule has 0 N–H and O–H groups in total. The molecule has 3 nitrogen and oxygen atoms in total. The summed E-state index contributed by atoms with van der Waals surface area (Å²) in [6, 6.07) is 16.1. The van der Waals surface area contributed by atoms with Crippen molar-refractivity contribution >= 4 is 6.29 Å². The fourth-order valence-electron chi connectivity index (χ4n) is 2.19. The van der Waals surface area contributed by atoms with Gasteiger partial charge in [-0.05, 0) is 40.8 Å². The molecule has 0 aliphatic rings. The zero-order chi connectivity index (χ0) is 14.5. The van der Waals surface area contributed by atoms with Gasteiger partial charge in [0.15, 0.2) is 6.29 Å². The van der Waals surface area contributed by atoms with Crippen LogP contribution in [-0.4, -0.2) is 16.3 Å². The highest BCUT2D eigenvalue weighted by atomic mass is 16.1. The lowest BCUT2D eigenvalue weighted by Gasteiger charge is -2.04. The fraction of sp³-hybridized carbons (Fsp3) is 0.0556. The van der Waals surface area contributed by atoms with Gasteiger partial charge < -0.3 is 0 Å². The standard InChI is InChI=1S/C18H14N2O/c21-13-18-8-5-15(11-20-18)10-14-3-6-16(7-4-14)17-2-1-9-19-12-17/h1-9,11-13H,10H2. The molecule has 1 aromatic carbocycles. The summed E-state index contributed by atoms with van der Waals surface area (Å²) < 4.78 is 0. The summed E-state index contributed by atoms with van der Waals surface area (Å²) in [5.41, 5.74) is 5.03. The van der Waals surface area contributed by atoms with Crippen molar-refractivity contribution in [1.82, 2.24) is 9.97 Å². The largest absolute Gasteiger partial charge is 0.296 e. The normalized spacial score (nSPS) is 10.3. The van der Waals surface area contributed by atoms with Gasteiger partial charge in [0.05, 0.1) is 0 Å². The number of carbonyl (C=O) groups is 1. The molecule has 0 radical (unpaired) electrons. The topological polar surface area (TPSA) is 42.9 Å². The Morgan fingerprint density at radius 2 is 1.67 bits per heavy atom. The number of nitrogens with zero attached hydrogens (tertiary/aromatic N) is 2. The van der Waals surface area contributed by atoms with Crippen molar-refractivity contribution in [3.8, 4) is 11.1 Å². The van der Waals surface area contributed by atoms with Gasteiger partial charge in [-0.3, -0.25) is 14.8 Å². The molecule has 0 saturated carbocycles. The molecule has 0 bridgehead atoms. The van der Waals surface area contributed by atoms with E-state index in [1.54, 1.807) is 18.5 Å². The Morgan fingerprint density at radius 3 is 2.29 bits per heavy atom. The van der Waals surface area contributed by atoms with Crippen LogP contribution in [0.5, 0.6) is 0 Å². The third-order valence-corrected chi connectivity index (χ3v) is 3.33. The smallest absolute Gasteiger partial charge is 0.168 e. The molecular weight excluding hydrogens is 260 g/mol. The monoisotopic (exact) mass is 274 g/mol. The van der Waals surface area contributed by atoms with Crippen molar-refractivity contribution in [2.24, 2.45) is 0 Å². The van der Waals surface area contributed by atoms with Crippen LogP contribution in [0.3, 0.4) is 0 Å². The van der Waals surface area contributed by atoms with Gasteiger partial charge in [0.2, 0.25) is 0 Å². The first-order chi connectivity index (χ1) is 10.3. The molecule has 102 valence electrons. The maximum Gasteiger partial charge on any atom is 0.168 e. The predicted octanol–water partition coefficient (Wildman–Crippen LogP) is 3.55. The summed E-state index contributed by atoms with van der Waals surface area (Å²) in [6.45, 7) is 0. The molecule has 3 aromatic rings. The zero-order valence-electron chi connectivity index (χ0n) is 11.4. The van der Waals surface area contributed by atoms with E-state index in [9.17, 15) is 4.79 Å². The highest BCUT2D eigenvalue weighted by molar-refractivity contribution is 5.71. The van der Waals surface area contributed by atoms with Gasteiger partial charge in [-0.15, -0.1) is 0 Å². The van der Waals surface area contributed by atoms with E-state index in [4.69, 9.17) is 0 Å². The van der Waals surface area contributed by atoms with E-state index in [0.717, 1.165) is 29.4 Å². The van der Waals surface area contributed by atoms with Crippen LogP contribution in [0.15, 0.2) is 67.1 Å². The molecule has 0 spiro atoms. The number of rotatable bonds is 4. The van der Waals surface area contributed by atoms with Crippen LogP contribution < -0.4 is 0 Å². The van der Waals surface area contributed by atoms with Crippen molar-refractivity contribution in [3.05, 3.63) is 83.9 Å². The molecule has 0 aliphatic heterocycles. The van der Waals surface area contributed by atoms with Crippen molar-refractivity contribution in [3.63, 3.8) is 0 Å². The molecule has 2 aromatic heterocycles. The Kier molecular flexibility index (Phi) is 3.83. The number of hydrogen-bond donors (Lipinski definition) is 0. The molecule has 0 atom stereocenters. The van der Waals surface area contributed by atoms with Crippen molar-refractivity contribution < 1.29 is 4.79 Å². The van der Waals surface area contributed by atoms with Crippen LogP contribution in [0.25, 0.3) is 11.1 Å². The summed E-state index contributed by atoms with van der Waals surface area (Å²) in [6.07, 6.45) is 6.94. The zero-order valence-corrected chi connectivity index (χ0v) is 11.4. The van der Waals surface area contributed by atoms with Gasteiger partial charge in [-0.2, -0.15) is 0 Å². The summed E-state index contributed by atoms with van der Waals surface area (Å²) in [5.74, 6) is 0. The van der Waals surface area contributed by atoms with E-state index in [2.05, 4.69) is 34.2 Å². The van der Waals surface area contributed by atoms with Gasteiger partial charge in [0.1, 0.15) is 5.69 Å². The maximum absolute atomic E-state index is 10.6. The number of hydrogen-bond acceptors (Lipinski definition) is 3. The molecule has 3 heteroatoms. The molecule has 0 saturated heterocycles. The molecule has 0 unspecified atom stereocenters. The predicted molar refractivity (Wildman–Crippen MR) is 82.1 cm³/mol. The number of aromatic nitrogens is 2. The minimum absolute atomic E-state index is 0.464. The van der Waals surface area contributed by atoms with Crippen LogP contribution in [0, 0.1) is 0 Å². The van der Waals surface area contributed by atoms with E-state index in [1.807, 2.05) is 24.4 Å². The van der Waals surface area contributed by atoms with Crippen molar-refractivity contribution in [1.29, 1.82) is 0 Å². The van der Waals surface area contributed by atoms with Gasteiger partial charge in [-0.1, -0.05) is 36.4 Å². The lowest BCUT2D eigenvalue weighted by Crippen LogP contribution is -1.92. The van der Waals surface area contributed by atoms with Gasteiger partial charge >= 0.3 is 0 Å². The number of benzene rings is 1. The average Bonchev–Trinajstić information content (AvgIpc) is 2.57. The molecule has 3 rings (SSSR count). The Hall–Kier alpha value is -2.81. The SMILES string of the molecule is O=Cc1ccc(Cc2ccc(-c3cccnc3)cc2)cn1. The lowest BCUT2D eigenvalue weighted by atomic mass is 10.0. The molecule has 21 heavy (non-hydrogen) atoms. The Balaban J connectivity index is 1.76. The minimum atomic E-state index is 0.464. The number of aldehydes is 1. The highest BCUT2D eigenvalue weighted by Gasteiger charge is 2.00. The van der Waals surface area contributed by atoms with Crippen molar-refractivity contribution in [2.45, 2.75) is 6.42 Å². The van der Waals surface area contributed by atoms with Crippen LogP contribution in [-0.2, 0) is 6.42 Å². The van der Waals surface area contributed by atoms with E-state index in [0.29, 0.717) is 5.69 Å². The summed E-state index contributed by atoms with van der Waals surface area (Å²) in [7, 11) is 0. The number of pyridine rings is 2. The molecule has 2 heterocycles. The second-order valence-electron chi connectivity index (χ2n) is 4.82. The van der Waals surface area contributed by atoms with Gasteiger partial charge in [0, 0.05) is 18.6 Å². The van der Waals surface area contributed by atoms with Crippen LogP contribution in [0.1, 0.15) is 21.6 Å². The second kappa shape index (κ2) is 6.09. The quantitative estimate of drug-likeness (QED) is 0.683. The third-order valence-electron chi connectivity index (χ3n) is 3.33. The molecular formula is C18H14N2O. The third kappa shape index (κ3) is 3.20. The highest BCUT2D eigenvalue weighted by Crippen LogP contribution is 2.19.